The molecule has 3 heterocycles. The minimum absolute atomic E-state index is 0.185. The fraction of sp³-hybridized carbons (Fsp3) is 0.409. The third-order valence-corrected chi connectivity index (χ3v) is 6.40. The fourth-order valence-electron chi connectivity index (χ4n) is 3.93. The summed E-state index contributed by atoms with van der Waals surface area (Å²) in [6.45, 7) is 4.94. The Morgan fingerprint density at radius 2 is 2.03 bits per heavy atom. The minimum Gasteiger partial charge on any atom is -0.469 e. The molecular weight excluding hydrogens is 384 g/mol. The summed E-state index contributed by atoms with van der Waals surface area (Å²) in [5.74, 6) is 2.07. The van der Waals surface area contributed by atoms with Gasteiger partial charge in [0.25, 0.3) is 0 Å². The van der Waals surface area contributed by atoms with Crippen LogP contribution in [0, 0.1) is 6.92 Å². The number of thioether (sulfide) groups is 1. The van der Waals surface area contributed by atoms with E-state index in [1.54, 1.807) is 6.26 Å². The molecule has 1 unspecified atom stereocenters. The van der Waals surface area contributed by atoms with E-state index in [2.05, 4.69) is 22.0 Å². The van der Waals surface area contributed by atoms with Gasteiger partial charge < -0.3 is 9.32 Å². The van der Waals surface area contributed by atoms with Gasteiger partial charge in [0.15, 0.2) is 11.0 Å². The Morgan fingerprint density at radius 3 is 2.76 bits per heavy atom. The van der Waals surface area contributed by atoms with Crippen molar-refractivity contribution in [3.8, 4) is 17.1 Å². The molecule has 4 rings (SSSR count). The molecule has 3 aromatic rings. The van der Waals surface area contributed by atoms with Gasteiger partial charge >= 0.3 is 0 Å². The molecule has 1 fully saturated rings. The van der Waals surface area contributed by atoms with Crippen molar-refractivity contribution in [2.24, 2.45) is 0 Å². The lowest BCUT2D eigenvalue weighted by molar-refractivity contribution is -0.132. The van der Waals surface area contributed by atoms with E-state index in [-0.39, 0.29) is 5.91 Å². The molecule has 1 aliphatic heterocycles. The summed E-state index contributed by atoms with van der Waals surface area (Å²) >= 11 is 1.45. The zero-order chi connectivity index (χ0) is 20.2. The van der Waals surface area contributed by atoms with Crippen LogP contribution in [0.2, 0.25) is 0 Å². The van der Waals surface area contributed by atoms with Crippen LogP contribution in [0.1, 0.15) is 38.4 Å². The second kappa shape index (κ2) is 8.86. The van der Waals surface area contributed by atoms with Gasteiger partial charge in [0, 0.05) is 18.3 Å². The molecule has 0 radical (unpaired) electrons. The molecule has 2 aromatic heterocycles. The molecule has 7 heteroatoms. The lowest BCUT2D eigenvalue weighted by Crippen LogP contribution is -2.44. The van der Waals surface area contributed by atoms with Crippen molar-refractivity contribution in [3.63, 3.8) is 0 Å². The summed E-state index contributed by atoms with van der Waals surface area (Å²) in [7, 11) is 0. The molecule has 1 saturated heterocycles. The van der Waals surface area contributed by atoms with Crippen LogP contribution in [0.3, 0.4) is 0 Å². The number of piperidine rings is 1. The second-order valence-electron chi connectivity index (χ2n) is 7.30. The lowest BCUT2D eigenvalue weighted by Gasteiger charge is -2.35. The number of rotatable bonds is 6. The largest absolute Gasteiger partial charge is 0.469 e. The first kappa shape index (κ1) is 19.8. The van der Waals surface area contributed by atoms with Crippen LogP contribution in [0.15, 0.2) is 52.2 Å². The third kappa shape index (κ3) is 4.10. The Hall–Kier alpha value is -2.54. The third-order valence-electron chi connectivity index (χ3n) is 5.49. The Kier molecular flexibility index (Phi) is 6.04. The highest BCUT2D eigenvalue weighted by molar-refractivity contribution is 7.99. The smallest absolute Gasteiger partial charge is 0.233 e. The normalized spacial score (nSPS) is 16.9. The quantitative estimate of drug-likeness (QED) is 0.550. The maximum Gasteiger partial charge on any atom is 0.233 e. The summed E-state index contributed by atoms with van der Waals surface area (Å²) in [6, 6.07) is 12.3. The predicted molar refractivity (Wildman–Crippen MR) is 114 cm³/mol. The maximum absolute atomic E-state index is 12.9. The number of para-hydroxylation sites is 1. The predicted octanol–water partition coefficient (Wildman–Crippen LogP) is 4.72. The number of aryl methyl sites for hydroxylation is 1. The van der Waals surface area contributed by atoms with Gasteiger partial charge in [-0.1, -0.05) is 36.9 Å². The van der Waals surface area contributed by atoms with Crippen LogP contribution in [-0.4, -0.2) is 43.9 Å². The number of carbonyl (C=O) groups is 1. The van der Waals surface area contributed by atoms with Crippen molar-refractivity contribution in [2.75, 3.05) is 12.3 Å². The molecule has 6 nitrogen and oxygen atoms in total. The molecule has 152 valence electrons. The van der Waals surface area contributed by atoms with Crippen molar-refractivity contribution in [1.82, 2.24) is 19.7 Å². The molecule has 1 aromatic carbocycles. The van der Waals surface area contributed by atoms with E-state index in [0.29, 0.717) is 17.0 Å². The van der Waals surface area contributed by atoms with Gasteiger partial charge in [-0.25, -0.2) is 0 Å². The SMILES string of the molecule is CCC1CCCCN1C(=O)CSc1nnc(-c2ccoc2C)n1-c1ccccc1. The summed E-state index contributed by atoms with van der Waals surface area (Å²) in [4.78, 5) is 15.0. The van der Waals surface area contributed by atoms with Crippen LogP contribution in [0.4, 0.5) is 0 Å². The maximum atomic E-state index is 12.9. The van der Waals surface area contributed by atoms with Crippen molar-refractivity contribution in [3.05, 3.63) is 48.4 Å². The highest BCUT2D eigenvalue weighted by Gasteiger charge is 2.26. The summed E-state index contributed by atoms with van der Waals surface area (Å²) in [5, 5.41) is 9.55. The highest BCUT2D eigenvalue weighted by atomic mass is 32.2. The summed E-state index contributed by atoms with van der Waals surface area (Å²) in [6.07, 6.45) is 6.09. The number of hydrogen-bond donors (Lipinski definition) is 0. The fourth-order valence-corrected chi connectivity index (χ4v) is 4.77. The molecule has 0 N–H and O–H groups in total. The average molecular weight is 411 g/mol. The van der Waals surface area contributed by atoms with Crippen LogP contribution < -0.4 is 0 Å². The number of hydrogen-bond acceptors (Lipinski definition) is 5. The van der Waals surface area contributed by atoms with Crippen molar-refractivity contribution >= 4 is 17.7 Å². The molecule has 0 saturated carbocycles. The first-order valence-electron chi connectivity index (χ1n) is 10.2. The molecule has 29 heavy (non-hydrogen) atoms. The Bertz CT molecular complexity index is 966. The number of furan rings is 1. The number of carbonyl (C=O) groups excluding carboxylic acids is 1. The molecular formula is C22H26N4O2S. The molecule has 1 atom stereocenters. The van der Waals surface area contributed by atoms with E-state index in [1.165, 1.54) is 18.2 Å². The van der Waals surface area contributed by atoms with Gasteiger partial charge in [-0.15, -0.1) is 10.2 Å². The first-order chi connectivity index (χ1) is 14.2. The van der Waals surface area contributed by atoms with Gasteiger partial charge in [-0.2, -0.15) is 0 Å². The molecule has 1 aliphatic rings. The number of aromatic nitrogens is 3. The van der Waals surface area contributed by atoms with Crippen molar-refractivity contribution in [1.29, 1.82) is 0 Å². The molecule has 0 spiro atoms. The average Bonchev–Trinajstić information content (AvgIpc) is 3.38. The minimum atomic E-state index is 0.185. The van der Waals surface area contributed by atoms with E-state index in [1.807, 2.05) is 47.9 Å². The van der Waals surface area contributed by atoms with Gasteiger partial charge in [-0.05, 0) is 50.8 Å². The number of nitrogens with zero attached hydrogens (tertiary/aromatic N) is 4. The van der Waals surface area contributed by atoms with Crippen LogP contribution in [0.5, 0.6) is 0 Å². The zero-order valence-electron chi connectivity index (χ0n) is 16.9. The van der Waals surface area contributed by atoms with Gasteiger partial charge in [0.2, 0.25) is 5.91 Å². The van der Waals surface area contributed by atoms with E-state index in [0.717, 1.165) is 48.6 Å². The van der Waals surface area contributed by atoms with E-state index < -0.39 is 0 Å². The van der Waals surface area contributed by atoms with Crippen LogP contribution in [-0.2, 0) is 4.79 Å². The standard InChI is InChI=1S/C22H26N4O2S/c1-3-17-9-7-8-13-25(17)20(27)15-29-22-24-23-21(19-12-14-28-16(19)2)26(22)18-10-5-4-6-11-18/h4-6,10-12,14,17H,3,7-9,13,15H2,1-2H3. The monoisotopic (exact) mass is 410 g/mol. The highest BCUT2D eigenvalue weighted by Crippen LogP contribution is 2.30. The van der Waals surface area contributed by atoms with Gasteiger partial charge in [0.1, 0.15) is 5.76 Å². The Morgan fingerprint density at radius 1 is 1.21 bits per heavy atom. The lowest BCUT2D eigenvalue weighted by atomic mass is 10.0. The number of amides is 1. The van der Waals surface area contributed by atoms with E-state index in [9.17, 15) is 4.79 Å². The van der Waals surface area contributed by atoms with E-state index in [4.69, 9.17) is 4.42 Å². The summed E-state index contributed by atoms with van der Waals surface area (Å²) < 4.78 is 7.48. The van der Waals surface area contributed by atoms with Crippen LogP contribution in [0.25, 0.3) is 17.1 Å². The van der Waals surface area contributed by atoms with Crippen LogP contribution >= 0.6 is 11.8 Å². The van der Waals surface area contributed by atoms with Gasteiger partial charge in [-0.3, -0.25) is 9.36 Å². The number of likely N-dealkylation sites (tertiary alicyclic amines) is 1. The number of benzene rings is 1. The molecule has 0 aliphatic carbocycles. The second-order valence-corrected chi connectivity index (χ2v) is 8.24. The van der Waals surface area contributed by atoms with Crippen molar-refractivity contribution in [2.45, 2.75) is 50.7 Å². The topological polar surface area (TPSA) is 64.2 Å². The first-order valence-corrected chi connectivity index (χ1v) is 11.1. The summed E-state index contributed by atoms with van der Waals surface area (Å²) in [5.41, 5.74) is 1.87. The zero-order valence-corrected chi connectivity index (χ0v) is 17.7. The molecule has 0 bridgehead atoms. The molecule has 1 amide bonds. The Balaban J connectivity index is 1.60. The van der Waals surface area contributed by atoms with Gasteiger partial charge in [0.05, 0.1) is 17.6 Å². The Labute approximate surface area is 175 Å². The van der Waals surface area contributed by atoms with Crippen molar-refractivity contribution < 1.29 is 9.21 Å². The van der Waals surface area contributed by atoms with E-state index >= 15 is 0 Å².